The molecule has 0 amide bonds. The van der Waals surface area contributed by atoms with Crippen molar-refractivity contribution in [1.29, 1.82) is 0 Å². The molecule has 0 radical (unpaired) electrons. The van der Waals surface area contributed by atoms with Gasteiger partial charge in [-0.2, -0.15) is 0 Å². The summed E-state index contributed by atoms with van der Waals surface area (Å²) < 4.78 is 0. The van der Waals surface area contributed by atoms with Crippen molar-refractivity contribution in [1.82, 2.24) is 9.97 Å². The van der Waals surface area contributed by atoms with Crippen molar-refractivity contribution in [2.75, 3.05) is 0 Å². The minimum absolute atomic E-state index is 0.897. The SMILES string of the molecule is c1ccc2cc(-c3ccc(-c4cnc5ccccc5n4)cc3)ccc2c1. The molecule has 0 atom stereocenters. The van der Waals surface area contributed by atoms with Crippen LogP contribution in [0.1, 0.15) is 0 Å². The van der Waals surface area contributed by atoms with E-state index in [9.17, 15) is 0 Å². The van der Waals surface area contributed by atoms with Gasteiger partial charge in [0.1, 0.15) is 0 Å². The van der Waals surface area contributed by atoms with Crippen LogP contribution in [0.4, 0.5) is 0 Å². The van der Waals surface area contributed by atoms with Crippen LogP contribution in [0.25, 0.3) is 44.2 Å². The smallest absolute Gasteiger partial charge is 0.0894 e. The molecule has 0 aliphatic rings. The molecule has 26 heavy (non-hydrogen) atoms. The van der Waals surface area contributed by atoms with Crippen LogP contribution in [0.5, 0.6) is 0 Å². The molecule has 0 aliphatic heterocycles. The number of hydrogen-bond acceptors (Lipinski definition) is 2. The highest BCUT2D eigenvalue weighted by Crippen LogP contribution is 2.27. The molecule has 5 rings (SSSR count). The average Bonchev–Trinajstić information content (AvgIpc) is 2.73. The van der Waals surface area contributed by atoms with Gasteiger partial charge in [0.05, 0.1) is 22.9 Å². The molecular formula is C24H16N2. The lowest BCUT2D eigenvalue weighted by Crippen LogP contribution is -1.88. The summed E-state index contributed by atoms with van der Waals surface area (Å²) in [5.41, 5.74) is 6.24. The largest absolute Gasteiger partial charge is 0.252 e. The molecule has 1 aromatic heterocycles. The first-order chi connectivity index (χ1) is 12.9. The molecule has 0 saturated heterocycles. The van der Waals surface area contributed by atoms with Crippen LogP contribution in [0.3, 0.4) is 0 Å². The van der Waals surface area contributed by atoms with E-state index in [-0.39, 0.29) is 0 Å². The van der Waals surface area contributed by atoms with Gasteiger partial charge < -0.3 is 0 Å². The molecule has 4 aromatic carbocycles. The average molecular weight is 332 g/mol. The first kappa shape index (κ1) is 14.8. The summed E-state index contributed by atoms with van der Waals surface area (Å²) in [5.74, 6) is 0. The Balaban J connectivity index is 1.52. The molecule has 2 nitrogen and oxygen atoms in total. The van der Waals surface area contributed by atoms with Crippen molar-refractivity contribution in [3.05, 3.63) is 97.2 Å². The molecule has 0 fully saturated rings. The summed E-state index contributed by atoms with van der Waals surface area (Å²) in [6.07, 6.45) is 1.84. The maximum atomic E-state index is 4.73. The zero-order valence-electron chi connectivity index (χ0n) is 14.1. The van der Waals surface area contributed by atoms with E-state index in [1.165, 1.54) is 21.9 Å². The summed E-state index contributed by atoms with van der Waals surface area (Å²) >= 11 is 0. The van der Waals surface area contributed by atoms with E-state index in [0.717, 1.165) is 22.3 Å². The first-order valence-corrected chi connectivity index (χ1v) is 8.68. The van der Waals surface area contributed by atoms with Gasteiger partial charge in [0, 0.05) is 5.56 Å². The monoisotopic (exact) mass is 332 g/mol. The predicted molar refractivity (Wildman–Crippen MR) is 108 cm³/mol. The first-order valence-electron chi connectivity index (χ1n) is 8.68. The normalized spacial score (nSPS) is 11.1. The minimum atomic E-state index is 0.897. The van der Waals surface area contributed by atoms with Gasteiger partial charge in [-0.15, -0.1) is 0 Å². The summed E-state index contributed by atoms with van der Waals surface area (Å²) in [7, 11) is 0. The Labute approximate surface area is 151 Å². The molecule has 0 saturated carbocycles. The van der Waals surface area contributed by atoms with Crippen molar-refractivity contribution in [2.24, 2.45) is 0 Å². The van der Waals surface area contributed by atoms with Gasteiger partial charge in [0.15, 0.2) is 0 Å². The number of aromatic nitrogens is 2. The lowest BCUT2D eigenvalue weighted by molar-refractivity contribution is 1.29. The lowest BCUT2D eigenvalue weighted by atomic mass is 10.00. The Morgan fingerprint density at radius 3 is 2.00 bits per heavy atom. The van der Waals surface area contributed by atoms with Gasteiger partial charge in [-0.3, -0.25) is 4.98 Å². The van der Waals surface area contributed by atoms with Crippen molar-refractivity contribution in [3.8, 4) is 22.4 Å². The standard InChI is InChI=1S/C24H16N2/c1-2-6-20-15-21(14-11-17(20)5-1)18-9-12-19(13-10-18)24-16-25-22-7-3-4-8-23(22)26-24/h1-16H. The second kappa shape index (κ2) is 6.08. The van der Waals surface area contributed by atoms with Gasteiger partial charge in [-0.1, -0.05) is 72.8 Å². The zero-order chi connectivity index (χ0) is 17.3. The maximum Gasteiger partial charge on any atom is 0.0894 e. The molecule has 0 aliphatic carbocycles. The van der Waals surface area contributed by atoms with E-state index in [1.807, 2.05) is 30.5 Å². The molecule has 0 N–H and O–H groups in total. The molecule has 5 aromatic rings. The summed E-state index contributed by atoms with van der Waals surface area (Å²) in [6, 6.07) is 31.5. The van der Waals surface area contributed by atoms with Gasteiger partial charge in [-0.05, 0) is 40.1 Å². The van der Waals surface area contributed by atoms with Crippen molar-refractivity contribution in [2.45, 2.75) is 0 Å². The van der Waals surface area contributed by atoms with Gasteiger partial charge in [0.25, 0.3) is 0 Å². The Morgan fingerprint density at radius 2 is 1.15 bits per heavy atom. The Hall–Kier alpha value is -3.52. The number of rotatable bonds is 2. The van der Waals surface area contributed by atoms with E-state index >= 15 is 0 Å². The third-order valence-electron chi connectivity index (χ3n) is 4.71. The fraction of sp³-hybridized carbons (Fsp3) is 0. The summed E-state index contributed by atoms with van der Waals surface area (Å²) in [4.78, 5) is 9.24. The molecular weight excluding hydrogens is 316 g/mol. The third kappa shape index (κ3) is 2.62. The molecule has 122 valence electrons. The molecule has 2 heteroatoms. The highest BCUT2D eigenvalue weighted by Gasteiger charge is 2.04. The van der Waals surface area contributed by atoms with Crippen LogP contribution >= 0.6 is 0 Å². The van der Waals surface area contributed by atoms with Crippen LogP contribution < -0.4 is 0 Å². The number of nitrogens with zero attached hydrogens (tertiary/aromatic N) is 2. The minimum Gasteiger partial charge on any atom is -0.252 e. The molecule has 0 bridgehead atoms. The quantitative estimate of drug-likeness (QED) is 0.389. The Morgan fingerprint density at radius 1 is 0.500 bits per heavy atom. The molecule has 0 unspecified atom stereocenters. The van der Waals surface area contributed by atoms with E-state index in [0.29, 0.717) is 0 Å². The van der Waals surface area contributed by atoms with Crippen LogP contribution in [-0.2, 0) is 0 Å². The van der Waals surface area contributed by atoms with Crippen LogP contribution in [0.2, 0.25) is 0 Å². The van der Waals surface area contributed by atoms with E-state index in [4.69, 9.17) is 4.98 Å². The van der Waals surface area contributed by atoms with E-state index < -0.39 is 0 Å². The topological polar surface area (TPSA) is 25.8 Å². The van der Waals surface area contributed by atoms with Gasteiger partial charge in [-0.25, -0.2) is 4.98 Å². The van der Waals surface area contributed by atoms with Crippen molar-refractivity contribution in [3.63, 3.8) is 0 Å². The molecule has 0 spiro atoms. The van der Waals surface area contributed by atoms with Crippen LogP contribution in [0, 0.1) is 0 Å². The lowest BCUT2D eigenvalue weighted by Gasteiger charge is -2.07. The summed E-state index contributed by atoms with van der Waals surface area (Å²) in [5, 5.41) is 2.52. The second-order valence-corrected chi connectivity index (χ2v) is 6.38. The Bertz CT molecular complexity index is 1130. The fourth-order valence-electron chi connectivity index (χ4n) is 3.30. The number of hydrogen-bond donors (Lipinski definition) is 0. The fourth-order valence-corrected chi connectivity index (χ4v) is 3.30. The highest BCUT2D eigenvalue weighted by molar-refractivity contribution is 5.87. The van der Waals surface area contributed by atoms with Crippen molar-refractivity contribution < 1.29 is 0 Å². The van der Waals surface area contributed by atoms with E-state index in [2.05, 4.69) is 71.7 Å². The zero-order valence-corrected chi connectivity index (χ0v) is 14.1. The van der Waals surface area contributed by atoms with E-state index in [1.54, 1.807) is 0 Å². The van der Waals surface area contributed by atoms with Crippen LogP contribution in [-0.4, -0.2) is 9.97 Å². The Kier molecular flexibility index (Phi) is 3.46. The number of benzene rings is 4. The second-order valence-electron chi connectivity index (χ2n) is 6.38. The maximum absolute atomic E-state index is 4.73. The van der Waals surface area contributed by atoms with Gasteiger partial charge >= 0.3 is 0 Å². The predicted octanol–water partition coefficient (Wildman–Crippen LogP) is 6.12. The van der Waals surface area contributed by atoms with Crippen LogP contribution in [0.15, 0.2) is 97.2 Å². The van der Waals surface area contributed by atoms with Gasteiger partial charge in [0.2, 0.25) is 0 Å². The number of fused-ring (bicyclic) bond motifs is 2. The van der Waals surface area contributed by atoms with Crippen molar-refractivity contribution >= 4 is 21.8 Å². The number of para-hydroxylation sites is 2. The highest BCUT2D eigenvalue weighted by atomic mass is 14.8. The summed E-state index contributed by atoms with van der Waals surface area (Å²) in [6.45, 7) is 0. The molecule has 1 heterocycles. The third-order valence-corrected chi connectivity index (χ3v) is 4.71.